The van der Waals surface area contributed by atoms with E-state index < -0.39 is 0 Å². The summed E-state index contributed by atoms with van der Waals surface area (Å²) in [6.07, 6.45) is 0. The fourth-order valence-electron chi connectivity index (χ4n) is 1.84. The van der Waals surface area contributed by atoms with Gasteiger partial charge in [-0.2, -0.15) is 0 Å². The third-order valence-electron chi connectivity index (χ3n) is 2.75. The second-order valence-electron chi connectivity index (χ2n) is 4.24. The third-order valence-corrected chi connectivity index (χ3v) is 5.05. The Morgan fingerprint density at radius 1 is 1.16 bits per heavy atom. The van der Waals surface area contributed by atoms with E-state index in [4.69, 9.17) is 11.6 Å². The van der Waals surface area contributed by atoms with Gasteiger partial charge in [0.25, 0.3) is 0 Å². The van der Waals surface area contributed by atoms with Crippen LogP contribution < -0.4 is 0 Å². The summed E-state index contributed by atoms with van der Waals surface area (Å²) in [4.78, 5) is 12.0. The van der Waals surface area contributed by atoms with Crippen molar-refractivity contribution >= 4 is 44.9 Å². The van der Waals surface area contributed by atoms with E-state index in [-0.39, 0.29) is 0 Å². The highest BCUT2D eigenvalue weighted by Crippen LogP contribution is 2.36. The summed E-state index contributed by atoms with van der Waals surface area (Å²) in [6.45, 7) is 4.17. The predicted octanol–water partition coefficient (Wildman–Crippen LogP) is 5.11. The highest BCUT2D eigenvalue weighted by molar-refractivity contribution is 7.99. The van der Waals surface area contributed by atoms with Crippen LogP contribution in [0.3, 0.4) is 0 Å². The molecule has 0 N–H and O–H groups in total. The minimum absolute atomic E-state index is 0.311. The summed E-state index contributed by atoms with van der Waals surface area (Å²) >= 11 is 9.30. The number of hydrogen-bond donors (Lipinski definition) is 0. The van der Waals surface area contributed by atoms with Crippen LogP contribution in [0.1, 0.15) is 10.4 Å². The van der Waals surface area contributed by atoms with E-state index in [9.17, 15) is 0 Å². The maximum atomic E-state index is 6.01. The van der Waals surface area contributed by atoms with Crippen molar-refractivity contribution in [3.05, 3.63) is 46.1 Å². The van der Waals surface area contributed by atoms with Gasteiger partial charge in [0, 0.05) is 15.2 Å². The Hall–Kier alpha value is -1.10. The van der Waals surface area contributed by atoms with Crippen LogP contribution in [-0.2, 0) is 0 Å². The maximum absolute atomic E-state index is 6.01. The molecule has 3 rings (SSSR count). The molecular formula is C14H11ClN2S2. The number of rotatable bonds is 2. The first-order chi connectivity index (χ1) is 9.13. The molecule has 1 aromatic carbocycles. The topological polar surface area (TPSA) is 25.8 Å². The SMILES string of the molecule is Cc1cc2c(Sc3ccccc3C)nc(Cl)nc2s1. The van der Waals surface area contributed by atoms with Crippen molar-refractivity contribution in [1.29, 1.82) is 0 Å². The lowest BCUT2D eigenvalue weighted by atomic mass is 10.2. The van der Waals surface area contributed by atoms with Crippen LogP contribution in [0.2, 0.25) is 5.28 Å². The van der Waals surface area contributed by atoms with Crippen molar-refractivity contribution in [3.8, 4) is 0 Å². The van der Waals surface area contributed by atoms with Crippen LogP contribution in [0.5, 0.6) is 0 Å². The number of aryl methyl sites for hydroxylation is 2. The summed E-state index contributed by atoms with van der Waals surface area (Å²) < 4.78 is 0. The number of fused-ring (bicyclic) bond motifs is 1. The molecule has 0 fully saturated rings. The first kappa shape index (κ1) is 12.9. The molecule has 0 saturated carbocycles. The van der Waals surface area contributed by atoms with Crippen LogP contribution >= 0.6 is 34.7 Å². The van der Waals surface area contributed by atoms with Crippen molar-refractivity contribution < 1.29 is 0 Å². The molecule has 0 saturated heterocycles. The van der Waals surface area contributed by atoms with Gasteiger partial charge in [-0.15, -0.1) is 11.3 Å². The lowest BCUT2D eigenvalue weighted by molar-refractivity contribution is 1.11. The molecule has 5 heteroatoms. The summed E-state index contributed by atoms with van der Waals surface area (Å²) in [5, 5.41) is 2.32. The number of hydrogen-bond acceptors (Lipinski definition) is 4. The van der Waals surface area contributed by atoms with E-state index in [0.29, 0.717) is 5.28 Å². The quantitative estimate of drug-likeness (QED) is 0.486. The Bertz CT molecular complexity index is 752. The molecule has 19 heavy (non-hydrogen) atoms. The summed E-state index contributed by atoms with van der Waals surface area (Å²) in [7, 11) is 0. The van der Waals surface area contributed by atoms with Crippen LogP contribution in [-0.4, -0.2) is 9.97 Å². The molecule has 0 aliphatic heterocycles. The Kier molecular flexibility index (Phi) is 3.48. The number of aromatic nitrogens is 2. The smallest absolute Gasteiger partial charge is 0.210 e. The molecule has 0 spiro atoms. The second-order valence-corrected chi connectivity index (χ2v) is 6.84. The Labute approximate surface area is 124 Å². The first-order valence-corrected chi connectivity index (χ1v) is 7.82. The number of nitrogens with zero attached hydrogens (tertiary/aromatic N) is 2. The van der Waals surface area contributed by atoms with E-state index in [1.807, 2.05) is 12.1 Å². The van der Waals surface area contributed by atoms with E-state index in [2.05, 4.69) is 42.0 Å². The first-order valence-electron chi connectivity index (χ1n) is 5.80. The van der Waals surface area contributed by atoms with Gasteiger partial charge >= 0.3 is 0 Å². The van der Waals surface area contributed by atoms with Crippen LogP contribution in [0.15, 0.2) is 40.3 Å². The van der Waals surface area contributed by atoms with Crippen molar-refractivity contribution in [2.24, 2.45) is 0 Å². The number of thiophene rings is 1. The summed E-state index contributed by atoms with van der Waals surface area (Å²) in [5.41, 5.74) is 1.24. The van der Waals surface area contributed by atoms with Crippen LogP contribution in [0, 0.1) is 13.8 Å². The fourth-order valence-corrected chi connectivity index (χ4v) is 4.04. The van der Waals surface area contributed by atoms with Gasteiger partial charge in [0.15, 0.2) is 0 Å². The van der Waals surface area contributed by atoms with Crippen LogP contribution in [0.4, 0.5) is 0 Å². The Morgan fingerprint density at radius 3 is 2.74 bits per heavy atom. The average molecular weight is 307 g/mol. The predicted molar refractivity (Wildman–Crippen MR) is 82.5 cm³/mol. The molecule has 0 atom stereocenters. The number of halogens is 1. The summed E-state index contributed by atoms with van der Waals surface area (Å²) in [6, 6.07) is 10.4. The minimum atomic E-state index is 0.311. The van der Waals surface area contributed by atoms with Gasteiger partial charge in [0.1, 0.15) is 9.86 Å². The lowest BCUT2D eigenvalue weighted by Gasteiger charge is -2.05. The molecule has 0 unspecified atom stereocenters. The molecule has 3 aromatic rings. The Morgan fingerprint density at radius 2 is 1.95 bits per heavy atom. The Balaban J connectivity index is 2.12. The van der Waals surface area contributed by atoms with Gasteiger partial charge in [-0.3, -0.25) is 0 Å². The zero-order valence-corrected chi connectivity index (χ0v) is 12.9. The maximum Gasteiger partial charge on any atom is 0.224 e. The van der Waals surface area contributed by atoms with Gasteiger partial charge in [-0.25, -0.2) is 9.97 Å². The molecular weight excluding hydrogens is 296 g/mol. The van der Waals surface area contributed by atoms with Gasteiger partial charge in [-0.05, 0) is 43.1 Å². The zero-order chi connectivity index (χ0) is 13.4. The molecule has 2 heterocycles. The average Bonchev–Trinajstić information content (AvgIpc) is 2.72. The van der Waals surface area contributed by atoms with Gasteiger partial charge < -0.3 is 0 Å². The second kappa shape index (κ2) is 5.12. The highest BCUT2D eigenvalue weighted by Gasteiger charge is 2.11. The molecule has 0 amide bonds. The van der Waals surface area contributed by atoms with Gasteiger partial charge in [0.05, 0.1) is 0 Å². The lowest BCUT2D eigenvalue weighted by Crippen LogP contribution is -1.87. The van der Waals surface area contributed by atoms with Gasteiger partial charge in [-0.1, -0.05) is 30.0 Å². The molecule has 2 nitrogen and oxygen atoms in total. The van der Waals surface area contributed by atoms with E-state index in [1.54, 1.807) is 23.1 Å². The highest BCUT2D eigenvalue weighted by atomic mass is 35.5. The molecule has 2 aromatic heterocycles. The zero-order valence-electron chi connectivity index (χ0n) is 10.5. The summed E-state index contributed by atoms with van der Waals surface area (Å²) in [5.74, 6) is 0. The van der Waals surface area contributed by atoms with Crippen LogP contribution in [0.25, 0.3) is 10.2 Å². The minimum Gasteiger partial charge on any atom is -0.210 e. The molecule has 0 aliphatic carbocycles. The molecule has 0 bridgehead atoms. The van der Waals surface area contributed by atoms with Crippen molar-refractivity contribution in [1.82, 2.24) is 9.97 Å². The third kappa shape index (κ3) is 2.61. The largest absolute Gasteiger partial charge is 0.224 e. The molecule has 0 aliphatic rings. The van der Waals surface area contributed by atoms with Crippen molar-refractivity contribution in [2.45, 2.75) is 23.8 Å². The van der Waals surface area contributed by atoms with Gasteiger partial charge in [0.2, 0.25) is 5.28 Å². The van der Waals surface area contributed by atoms with E-state index >= 15 is 0 Å². The molecule has 96 valence electrons. The van der Waals surface area contributed by atoms with E-state index in [0.717, 1.165) is 15.2 Å². The van der Waals surface area contributed by atoms with Crippen molar-refractivity contribution in [3.63, 3.8) is 0 Å². The standard InChI is InChI=1S/C14H11ClN2S2/c1-8-5-3-4-6-11(8)19-13-10-7-9(2)18-12(10)16-14(15)17-13/h3-7H,1-2H3. The number of benzene rings is 1. The van der Waals surface area contributed by atoms with E-state index in [1.165, 1.54) is 15.3 Å². The monoisotopic (exact) mass is 306 g/mol. The van der Waals surface area contributed by atoms with Crippen molar-refractivity contribution in [2.75, 3.05) is 0 Å². The molecule has 0 radical (unpaired) electrons. The normalized spacial score (nSPS) is 11.1. The fraction of sp³-hybridized carbons (Fsp3) is 0.143.